The summed E-state index contributed by atoms with van der Waals surface area (Å²) >= 11 is 0. The second-order valence-corrected chi connectivity index (χ2v) is 27.6. The van der Waals surface area contributed by atoms with E-state index in [-0.39, 0.29) is 21.3 Å². The molecule has 688 valence electrons. The number of para-hydroxylation sites is 8. The van der Waals surface area contributed by atoms with E-state index >= 15 is 0 Å². The van der Waals surface area contributed by atoms with E-state index in [1.54, 1.807) is 109 Å². The van der Waals surface area contributed by atoms with Crippen LogP contribution in [0.3, 0.4) is 0 Å². The molecule has 0 amide bonds. The van der Waals surface area contributed by atoms with Crippen LogP contribution in [0.4, 0.5) is 26.3 Å². The minimum absolute atomic E-state index is 0.102. The van der Waals surface area contributed by atoms with Crippen LogP contribution in [0.1, 0.15) is 122 Å². The molecule has 16 aromatic rings. The van der Waals surface area contributed by atoms with Crippen molar-refractivity contribution in [2.45, 2.75) is 138 Å². The van der Waals surface area contributed by atoms with Crippen molar-refractivity contribution >= 4 is 9.84 Å². The van der Waals surface area contributed by atoms with Gasteiger partial charge in [0.2, 0.25) is 15.3 Å². The molecule has 0 atom stereocenters. The summed E-state index contributed by atoms with van der Waals surface area (Å²) < 4.78 is 158. The first-order valence-corrected chi connectivity index (χ1v) is 46.0. The molecule has 16 aromatic carbocycles. The first-order chi connectivity index (χ1) is 64.4. The van der Waals surface area contributed by atoms with Crippen LogP contribution in [0.25, 0.3) is 22.3 Å². The van der Waals surface area contributed by atoms with Crippen LogP contribution in [0, 0.1) is 0 Å². The zero-order valence-corrected chi connectivity index (χ0v) is 78.6. The summed E-state index contributed by atoms with van der Waals surface area (Å²) in [5.41, 5.74) is -1.78. The van der Waals surface area contributed by atoms with Gasteiger partial charge in [-0.15, -0.1) is 0 Å². The minimum Gasteiger partial charge on any atom is -0.457 e. The van der Waals surface area contributed by atoms with Crippen molar-refractivity contribution in [1.82, 2.24) is 0 Å². The molecule has 0 saturated heterocycles. The number of halogens is 6. The summed E-state index contributed by atoms with van der Waals surface area (Å²) in [5, 5.41) is 0. The maximum atomic E-state index is 14.4. The lowest BCUT2D eigenvalue weighted by molar-refractivity contribution is -0.288. The van der Waals surface area contributed by atoms with Gasteiger partial charge in [0.05, 0.1) is 9.79 Å². The number of sulfone groups is 1. The van der Waals surface area contributed by atoms with Crippen molar-refractivity contribution in [3.63, 3.8) is 0 Å². The molecule has 132 heavy (non-hydrogen) atoms. The standard InChI is InChI=1S/C27H18F6O2.C24H18O4S.2C24H18O2.8C2H6/c28-26(29,30)25(27(31,32)33,19-11-15-23(16-12-19)34-21-7-3-1-4-8-21)20-13-17-24(18-14-20)35-22-9-5-2-6-10-22;25-29(26,23-15-11-21(12-16-23)27-19-7-3-1-4-8-19)24-17-13-22(14-18-24)28-20-9-5-2-6-10-20;1-4-10-19(11-5-1)20-16-23(25-21-12-6-2-7-13-21)18-24(17-20)26-22-14-8-3-9-15-22;1-3-7-21(8-4-1)25-23-15-11-19(12-16-23)20-13-17-24(18-14-20)26-22-9-5-2-6-10-22;8*1-2/h1-18H;1-18H;2*1-18H;8*1-2H3. The number of ether oxygens (including phenoxy) is 8. The highest BCUT2D eigenvalue weighted by atomic mass is 32.2. The van der Waals surface area contributed by atoms with Crippen LogP contribution in [-0.2, 0) is 15.3 Å². The van der Waals surface area contributed by atoms with Crippen molar-refractivity contribution in [3.05, 3.63) is 448 Å². The molecule has 10 nitrogen and oxygen atoms in total. The van der Waals surface area contributed by atoms with Gasteiger partial charge in [-0.1, -0.05) is 335 Å². The lowest BCUT2D eigenvalue weighted by Gasteiger charge is -2.38. The van der Waals surface area contributed by atoms with Gasteiger partial charge >= 0.3 is 12.4 Å². The molecule has 0 spiro atoms. The highest BCUT2D eigenvalue weighted by Crippen LogP contribution is 2.57. The molecule has 0 aliphatic carbocycles. The average molecular weight is 1810 g/mol. The van der Waals surface area contributed by atoms with Crippen LogP contribution >= 0.6 is 0 Å². The van der Waals surface area contributed by atoms with E-state index in [2.05, 4.69) is 36.4 Å². The summed E-state index contributed by atoms with van der Waals surface area (Å²) in [6, 6.07) is 127. The van der Waals surface area contributed by atoms with Crippen molar-refractivity contribution in [1.29, 1.82) is 0 Å². The normalized spacial score (nSPS) is 10.1. The molecule has 0 fully saturated rings. The van der Waals surface area contributed by atoms with Crippen molar-refractivity contribution in [2.75, 3.05) is 0 Å². The Labute approximate surface area is 778 Å². The zero-order valence-electron chi connectivity index (χ0n) is 77.8. The lowest BCUT2D eigenvalue weighted by Crippen LogP contribution is -2.54. The first kappa shape index (κ1) is 108. The molecule has 17 heteroatoms. The Hall–Kier alpha value is -14.6. The summed E-state index contributed by atoms with van der Waals surface area (Å²) in [4.78, 5) is 0.407. The van der Waals surface area contributed by atoms with Gasteiger partial charge in [0.1, 0.15) is 92.0 Å². The first-order valence-electron chi connectivity index (χ1n) is 44.5. The van der Waals surface area contributed by atoms with E-state index in [9.17, 15) is 34.8 Å². The average Bonchev–Trinajstić information content (AvgIpc) is 0.715. The SMILES string of the molecule is CC.CC.CC.CC.CC.CC.CC.CC.FC(F)(F)C(c1ccc(Oc2ccccc2)cc1)(c1ccc(Oc2ccccc2)cc1)C(F)(F)F.O=S(=O)(c1ccc(Oc2ccccc2)cc1)c1ccc(Oc2ccccc2)cc1.c1ccc(Oc2cc(Oc3ccccc3)cc(-c3ccccc3)c2)cc1.c1ccc(Oc2ccc(-c3ccc(Oc4ccccc4)cc3)cc2)cc1. The van der Waals surface area contributed by atoms with Crippen LogP contribution in [-0.4, -0.2) is 20.8 Å². The molecule has 0 saturated carbocycles. The predicted molar refractivity (Wildman–Crippen MR) is 531 cm³/mol. The van der Waals surface area contributed by atoms with Gasteiger partial charge in [-0.25, -0.2) is 8.42 Å². The maximum Gasteiger partial charge on any atom is 0.411 e. The summed E-state index contributed by atoms with van der Waals surface area (Å²) in [6.45, 7) is 32.0. The Kier molecular flexibility index (Phi) is 48.7. The topological polar surface area (TPSA) is 108 Å². The Morgan fingerprint density at radius 2 is 0.318 bits per heavy atom. The van der Waals surface area contributed by atoms with Crippen molar-refractivity contribution in [3.8, 4) is 114 Å². The summed E-state index contributed by atoms with van der Waals surface area (Å²) in [7, 11) is -3.63. The van der Waals surface area contributed by atoms with E-state index in [1.807, 2.05) is 353 Å². The fourth-order valence-electron chi connectivity index (χ4n) is 12.0. The Morgan fingerprint density at radius 3 is 0.508 bits per heavy atom. The third-order valence-corrected chi connectivity index (χ3v) is 19.3. The van der Waals surface area contributed by atoms with Crippen molar-refractivity contribution in [2.24, 2.45) is 0 Å². The van der Waals surface area contributed by atoms with Gasteiger partial charge < -0.3 is 37.9 Å². The zero-order chi connectivity index (χ0) is 96.4. The number of hydrogen-bond donors (Lipinski definition) is 0. The lowest BCUT2D eigenvalue weighted by atomic mass is 9.73. The van der Waals surface area contributed by atoms with Crippen molar-refractivity contribution < 1.29 is 72.7 Å². The molecular weight excluding hydrogens is 1690 g/mol. The molecule has 0 heterocycles. The monoisotopic (exact) mass is 1810 g/mol. The Morgan fingerprint density at radius 1 is 0.167 bits per heavy atom. The number of alkyl halides is 6. The summed E-state index contributed by atoms with van der Waals surface area (Å²) in [6.07, 6.45) is -11.4. The van der Waals surface area contributed by atoms with Gasteiger partial charge in [0.25, 0.3) is 0 Å². The van der Waals surface area contributed by atoms with Crippen LogP contribution < -0.4 is 37.9 Å². The van der Waals surface area contributed by atoms with E-state index in [4.69, 9.17) is 37.9 Å². The molecule has 0 aliphatic rings. The van der Waals surface area contributed by atoms with Gasteiger partial charge in [0.15, 0.2) is 0 Å². The largest absolute Gasteiger partial charge is 0.457 e. The van der Waals surface area contributed by atoms with Gasteiger partial charge in [-0.3, -0.25) is 0 Å². The molecular formula is C115H120F6O10S. The maximum absolute atomic E-state index is 14.4. The molecule has 16 rings (SSSR count). The van der Waals surface area contributed by atoms with Gasteiger partial charge in [-0.05, 0) is 240 Å². The van der Waals surface area contributed by atoms with E-state index < -0.39 is 38.7 Å². The predicted octanol–water partition coefficient (Wildman–Crippen LogP) is 36.9. The number of rotatable bonds is 22. The second-order valence-electron chi connectivity index (χ2n) is 25.7. The van der Waals surface area contributed by atoms with E-state index in [1.165, 1.54) is 0 Å². The molecule has 0 aromatic heterocycles. The third kappa shape index (κ3) is 33.8. The summed E-state index contributed by atoms with van der Waals surface area (Å²) in [5.74, 6) is 9.91. The van der Waals surface area contributed by atoms with E-state index in [0.29, 0.717) is 34.5 Å². The molecule has 0 N–H and O–H groups in total. The fourth-order valence-corrected chi connectivity index (χ4v) is 13.2. The van der Waals surface area contributed by atoms with Gasteiger partial charge in [-0.2, -0.15) is 26.3 Å². The highest BCUT2D eigenvalue weighted by molar-refractivity contribution is 7.91. The number of benzene rings is 16. The number of hydrogen-bond acceptors (Lipinski definition) is 10. The quantitative estimate of drug-likeness (QED) is 0.0609. The molecule has 0 unspecified atom stereocenters. The van der Waals surface area contributed by atoms with Crippen LogP contribution in [0.15, 0.2) is 447 Å². The molecule has 0 bridgehead atoms. The molecule has 0 aliphatic heterocycles. The van der Waals surface area contributed by atoms with Crippen LogP contribution in [0.5, 0.6) is 92.0 Å². The smallest absolute Gasteiger partial charge is 0.411 e. The Bertz CT molecular complexity index is 5450. The Balaban J connectivity index is 0.000000297. The molecule has 0 radical (unpaired) electrons. The fraction of sp³-hybridized carbons (Fsp3) is 0.165. The van der Waals surface area contributed by atoms with E-state index in [0.717, 1.165) is 117 Å². The van der Waals surface area contributed by atoms with Crippen LogP contribution in [0.2, 0.25) is 0 Å². The second kappa shape index (κ2) is 59.5. The highest BCUT2D eigenvalue weighted by Gasteiger charge is 2.72. The van der Waals surface area contributed by atoms with Gasteiger partial charge in [0, 0.05) is 6.07 Å². The minimum atomic E-state index is -5.69. The third-order valence-electron chi connectivity index (χ3n) is 17.6.